The molecule has 0 aliphatic heterocycles. The number of benzene rings is 2. The van der Waals surface area contributed by atoms with E-state index in [9.17, 15) is 0 Å². The van der Waals surface area contributed by atoms with Crippen LogP contribution in [0.3, 0.4) is 0 Å². The second-order valence-corrected chi connectivity index (χ2v) is 10.8. The van der Waals surface area contributed by atoms with Gasteiger partial charge in [0.05, 0.1) is 31.5 Å². The molecule has 4 heterocycles. The second kappa shape index (κ2) is 9.20. The van der Waals surface area contributed by atoms with Crippen LogP contribution >= 0.6 is 22.7 Å². The summed E-state index contributed by atoms with van der Waals surface area (Å²) in [6, 6.07) is 16.0. The first kappa shape index (κ1) is 23.5. The van der Waals surface area contributed by atoms with Gasteiger partial charge in [0.25, 0.3) is 5.19 Å². The number of thiazole rings is 1. The third kappa shape index (κ3) is 4.32. The summed E-state index contributed by atoms with van der Waals surface area (Å²) in [5.74, 6) is 1.91. The van der Waals surface area contributed by atoms with E-state index in [2.05, 4.69) is 53.6 Å². The van der Waals surface area contributed by atoms with E-state index in [1.165, 1.54) is 16.9 Å². The fourth-order valence-electron chi connectivity index (χ4n) is 4.12. The maximum Gasteiger partial charge on any atom is 0.294 e. The average molecular weight is 533 g/mol. The standard InChI is InChI=1S/C27H24N4O4S2/c1-27(2,16-8-6-5-7-9-16)24-28-17(15-36-24)14-34-21-10-18(32-3)11-22-19(21)12-23(35-22)20-13-31-25(29-20)37-26(30-31)33-4/h5-13,15H,14H2,1-4H3. The Labute approximate surface area is 221 Å². The zero-order valence-electron chi connectivity index (χ0n) is 20.7. The molecule has 0 atom stereocenters. The normalized spacial score (nSPS) is 11.9. The molecule has 2 aromatic carbocycles. The molecule has 4 aromatic heterocycles. The molecule has 0 radical (unpaired) electrons. The van der Waals surface area contributed by atoms with Gasteiger partial charge in [-0.25, -0.2) is 14.5 Å². The molecule has 0 spiro atoms. The Morgan fingerprint density at radius 1 is 1.03 bits per heavy atom. The SMILES string of the molecule is COc1cc(OCc2csc(C(C)(C)c3ccccc3)n2)c2cc(-c3cn4nc(OC)sc4n3)oc2c1. The summed E-state index contributed by atoms with van der Waals surface area (Å²) in [7, 11) is 3.21. The van der Waals surface area contributed by atoms with Gasteiger partial charge in [-0.1, -0.05) is 30.3 Å². The minimum atomic E-state index is -0.190. The number of methoxy groups -OCH3 is 2. The lowest BCUT2D eigenvalue weighted by Gasteiger charge is -2.22. The predicted octanol–water partition coefficient (Wildman–Crippen LogP) is 6.58. The Balaban J connectivity index is 1.28. The summed E-state index contributed by atoms with van der Waals surface area (Å²) in [5.41, 5.74) is 3.23. The van der Waals surface area contributed by atoms with Gasteiger partial charge in [0, 0.05) is 22.9 Å². The molecule has 6 rings (SSSR count). The number of furan rings is 1. The van der Waals surface area contributed by atoms with E-state index in [1.54, 1.807) is 30.1 Å². The van der Waals surface area contributed by atoms with Crippen molar-refractivity contribution in [2.75, 3.05) is 14.2 Å². The molecule has 37 heavy (non-hydrogen) atoms. The summed E-state index contributed by atoms with van der Waals surface area (Å²) in [6.45, 7) is 4.71. The third-order valence-corrected chi connectivity index (χ3v) is 8.32. The van der Waals surface area contributed by atoms with Gasteiger partial charge in [0.1, 0.15) is 34.4 Å². The number of hydrogen-bond donors (Lipinski definition) is 0. The van der Waals surface area contributed by atoms with Crippen molar-refractivity contribution in [2.24, 2.45) is 0 Å². The lowest BCUT2D eigenvalue weighted by Crippen LogP contribution is -2.18. The van der Waals surface area contributed by atoms with Crippen LogP contribution in [0.2, 0.25) is 0 Å². The Morgan fingerprint density at radius 3 is 2.62 bits per heavy atom. The van der Waals surface area contributed by atoms with E-state index in [4.69, 9.17) is 23.6 Å². The van der Waals surface area contributed by atoms with Crippen molar-refractivity contribution in [3.63, 3.8) is 0 Å². The van der Waals surface area contributed by atoms with E-state index < -0.39 is 0 Å². The van der Waals surface area contributed by atoms with E-state index in [-0.39, 0.29) is 5.41 Å². The van der Waals surface area contributed by atoms with Crippen LogP contribution in [0.5, 0.6) is 16.7 Å². The van der Waals surface area contributed by atoms with Crippen molar-refractivity contribution in [3.05, 3.63) is 76.4 Å². The van der Waals surface area contributed by atoms with Crippen molar-refractivity contribution >= 4 is 38.6 Å². The summed E-state index contributed by atoms with van der Waals surface area (Å²) in [6.07, 6.45) is 1.81. The highest BCUT2D eigenvalue weighted by atomic mass is 32.1. The van der Waals surface area contributed by atoms with Gasteiger partial charge < -0.3 is 18.6 Å². The van der Waals surface area contributed by atoms with Crippen LogP contribution in [0.4, 0.5) is 0 Å². The fourth-order valence-corrected chi connectivity index (χ4v) is 5.77. The third-order valence-electron chi connectivity index (χ3n) is 6.22. The smallest absolute Gasteiger partial charge is 0.294 e. The first-order chi connectivity index (χ1) is 17.9. The van der Waals surface area contributed by atoms with Gasteiger partial charge in [0.15, 0.2) is 5.76 Å². The van der Waals surface area contributed by atoms with Gasteiger partial charge in [0.2, 0.25) is 4.96 Å². The van der Waals surface area contributed by atoms with E-state index >= 15 is 0 Å². The quantitative estimate of drug-likeness (QED) is 0.219. The summed E-state index contributed by atoms with van der Waals surface area (Å²) >= 11 is 3.01. The van der Waals surface area contributed by atoms with Crippen LogP contribution in [0.15, 0.2) is 64.5 Å². The average Bonchev–Trinajstić information content (AvgIpc) is 3.69. The molecule has 0 aliphatic carbocycles. The Hall–Kier alpha value is -3.89. The van der Waals surface area contributed by atoms with Crippen molar-refractivity contribution in [3.8, 4) is 28.1 Å². The molecule has 0 N–H and O–H groups in total. The van der Waals surface area contributed by atoms with E-state index in [1.807, 2.05) is 30.5 Å². The number of nitrogens with zero attached hydrogens (tertiary/aromatic N) is 4. The summed E-state index contributed by atoms with van der Waals surface area (Å²) in [5, 5.41) is 8.82. The van der Waals surface area contributed by atoms with Crippen molar-refractivity contribution in [1.29, 1.82) is 0 Å². The van der Waals surface area contributed by atoms with Crippen LogP contribution in [0.25, 0.3) is 27.4 Å². The molecular weight excluding hydrogens is 508 g/mol. The highest BCUT2D eigenvalue weighted by molar-refractivity contribution is 7.18. The molecule has 0 amide bonds. The highest BCUT2D eigenvalue weighted by Crippen LogP contribution is 2.38. The molecule has 0 bridgehead atoms. The van der Waals surface area contributed by atoms with Crippen LogP contribution in [0.1, 0.15) is 30.1 Å². The zero-order chi connectivity index (χ0) is 25.6. The van der Waals surface area contributed by atoms with E-state index in [0.29, 0.717) is 40.3 Å². The number of fused-ring (bicyclic) bond motifs is 2. The van der Waals surface area contributed by atoms with Crippen molar-refractivity contribution in [1.82, 2.24) is 19.6 Å². The molecular formula is C27H24N4O4S2. The van der Waals surface area contributed by atoms with Crippen molar-refractivity contribution in [2.45, 2.75) is 25.9 Å². The monoisotopic (exact) mass is 532 g/mol. The first-order valence-corrected chi connectivity index (χ1v) is 13.3. The lowest BCUT2D eigenvalue weighted by molar-refractivity contribution is 0.303. The molecule has 188 valence electrons. The van der Waals surface area contributed by atoms with Crippen LogP contribution < -0.4 is 14.2 Å². The maximum absolute atomic E-state index is 6.25. The molecule has 0 unspecified atom stereocenters. The minimum Gasteiger partial charge on any atom is -0.496 e. The maximum atomic E-state index is 6.25. The lowest BCUT2D eigenvalue weighted by atomic mass is 9.85. The van der Waals surface area contributed by atoms with Gasteiger partial charge >= 0.3 is 0 Å². The number of rotatable bonds is 8. The molecule has 0 aliphatic rings. The van der Waals surface area contributed by atoms with Gasteiger partial charge in [-0.15, -0.1) is 16.4 Å². The molecule has 0 saturated carbocycles. The number of imidazole rings is 1. The number of ether oxygens (including phenoxy) is 3. The van der Waals surface area contributed by atoms with E-state index in [0.717, 1.165) is 21.0 Å². The highest BCUT2D eigenvalue weighted by Gasteiger charge is 2.26. The second-order valence-electron chi connectivity index (χ2n) is 9.00. The van der Waals surface area contributed by atoms with Gasteiger partial charge in [-0.3, -0.25) is 0 Å². The van der Waals surface area contributed by atoms with Crippen LogP contribution in [-0.4, -0.2) is 33.8 Å². The fraction of sp³-hybridized carbons (Fsp3) is 0.222. The van der Waals surface area contributed by atoms with Gasteiger partial charge in [-0.05, 0) is 36.8 Å². The number of hydrogen-bond acceptors (Lipinski definition) is 9. The minimum absolute atomic E-state index is 0.190. The molecule has 10 heteroatoms. The molecule has 0 saturated heterocycles. The first-order valence-electron chi connectivity index (χ1n) is 11.6. The Kier molecular flexibility index (Phi) is 5.85. The molecule has 0 fully saturated rings. The topological polar surface area (TPSA) is 83.9 Å². The predicted molar refractivity (Wildman–Crippen MR) is 144 cm³/mol. The van der Waals surface area contributed by atoms with Crippen LogP contribution in [-0.2, 0) is 12.0 Å². The zero-order valence-corrected chi connectivity index (χ0v) is 22.4. The molecule has 6 aromatic rings. The largest absolute Gasteiger partial charge is 0.496 e. The van der Waals surface area contributed by atoms with Gasteiger partial charge in [-0.2, -0.15) is 0 Å². The molecule has 8 nitrogen and oxygen atoms in total. The Morgan fingerprint density at radius 2 is 1.86 bits per heavy atom. The summed E-state index contributed by atoms with van der Waals surface area (Å²) < 4.78 is 24.8. The van der Waals surface area contributed by atoms with Crippen molar-refractivity contribution < 1.29 is 18.6 Å². The Bertz CT molecular complexity index is 1670. The summed E-state index contributed by atoms with van der Waals surface area (Å²) in [4.78, 5) is 10.2. The number of aromatic nitrogens is 4. The van der Waals surface area contributed by atoms with Crippen LogP contribution in [0, 0.1) is 0 Å².